The van der Waals surface area contributed by atoms with Crippen molar-refractivity contribution < 1.29 is 18.7 Å². The lowest BCUT2D eigenvalue weighted by molar-refractivity contribution is 0.0560. The topological polar surface area (TPSA) is 63.0 Å². The van der Waals surface area contributed by atoms with Gasteiger partial charge in [0.2, 0.25) is 5.76 Å². The van der Waals surface area contributed by atoms with E-state index in [9.17, 15) is 9.59 Å². The van der Waals surface area contributed by atoms with Crippen LogP contribution in [0.2, 0.25) is 0 Å². The Balaban J connectivity index is 1.57. The van der Waals surface area contributed by atoms with Crippen molar-refractivity contribution in [3.05, 3.63) is 40.7 Å². The van der Waals surface area contributed by atoms with Crippen molar-refractivity contribution in [2.24, 2.45) is 0 Å². The van der Waals surface area contributed by atoms with Crippen LogP contribution in [0.3, 0.4) is 0 Å². The Hall–Kier alpha value is -1.77. The van der Waals surface area contributed by atoms with Crippen LogP contribution in [-0.4, -0.2) is 61.2 Å². The monoisotopic (exact) mass is 394 g/mol. The first-order chi connectivity index (χ1) is 12.6. The van der Waals surface area contributed by atoms with E-state index in [4.69, 9.17) is 4.42 Å². The minimum Gasteiger partial charge on any atom is -0.463 e. The van der Waals surface area contributed by atoms with Crippen molar-refractivity contribution in [3.8, 4) is 0 Å². The number of nitrogens with zero attached hydrogens (tertiary/aromatic N) is 2. The molecular weight excluding hydrogens is 372 g/mol. The second-order valence-corrected chi connectivity index (χ2v) is 8.19. The predicted octanol–water partition coefficient (Wildman–Crippen LogP) is 3.20. The van der Waals surface area contributed by atoms with Gasteiger partial charge in [-0.2, -0.15) is 0 Å². The highest BCUT2D eigenvalue weighted by Crippen LogP contribution is 2.26. The van der Waals surface area contributed by atoms with Gasteiger partial charge in [0, 0.05) is 26.2 Å². The Morgan fingerprint density at radius 1 is 1.19 bits per heavy atom. The molecule has 1 aliphatic rings. The van der Waals surface area contributed by atoms with E-state index < -0.39 is 5.97 Å². The number of hydrogen-bond donors (Lipinski definition) is 0. The molecule has 26 heavy (non-hydrogen) atoms. The van der Waals surface area contributed by atoms with Gasteiger partial charge in [-0.1, -0.05) is 0 Å². The Morgan fingerprint density at radius 2 is 2.04 bits per heavy atom. The van der Waals surface area contributed by atoms with Gasteiger partial charge in [0.15, 0.2) is 0 Å². The zero-order valence-corrected chi connectivity index (χ0v) is 16.5. The lowest BCUT2D eigenvalue weighted by Crippen LogP contribution is -2.34. The van der Waals surface area contributed by atoms with Crippen molar-refractivity contribution in [3.63, 3.8) is 0 Å². The second kappa shape index (κ2) is 8.75. The van der Waals surface area contributed by atoms with Crippen LogP contribution >= 0.6 is 23.1 Å². The highest BCUT2D eigenvalue weighted by molar-refractivity contribution is 8.00. The summed E-state index contributed by atoms with van der Waals surface area (Å²) in [4.78, 5) is 29.1. The second-order valence-electron chi connectivity index (χ2n) is 6.00. The summed E-state index contributed by atoms with van der Waals surface area (Å²) in [5, 5.41) is 0. The van der Waals surface area contributed by atoms with Gasteiger partial charge in [0.1, 0.15) is 5.76 Å². The summed E-state index contributed by atoms with van der Waals surface area (Å²) in [6.07, 6.45) is 2.93. The number of rotatable bonds is 5. The number of hydrogen-bond acceptors (Lipinski definition) is 7. The lowest BCUT2D eigenvalue weighted by Gasteiger charge is -2.21. The van der Waals surface area contributed by atoms with E-state index in [1.165, 1.54) is 7.11 Å². The first kappa shape index (κ1) is 19.0. The molecule has 0 aromatic carbocycles. The summed E-state index contributed by atoms with van der Waals surface area (Å²) in [7, 11) is 1.33. The number of methoxy groups -OCH3 is 1. The molecule has 6 nitrogen and oxygen atoms in total. The number of esters is 1. The minimum atomic E-state index is -0.468. The highest BCUT2D eigenvalue weighted by atomic mass is 32.2. The Morgan fingerprint density at radius 3 is 2.77 bits per heavy atom. The third-order valence-electron chi connectivity index (χ3n) is 4.30. The maximum absolute atomic E-state index is 12.7. The number of amides is 1. The maximum atomic E-state index is 12.7. The average molecular weight is 395 g/mol. The van der Waals surface area contributed by atoms with E-state index in [0.29, 0.717) is 13.1 Å². The highest BCUT2D eigenvalue weighted by Gasteiger charge is 2.22. The van der Waals surface area contributed by atoms with E-state index in [1.54, 1.807) is 35.2 Å². The fourth-order valence-electron chi connectivity index (χ4n) is 2.93. The lowest BCUT2D eigenvalue weighted by atomic mass is 10.3. The molecule has 0 spiro atoms. The predicted molar refractivity (Wildman–Crippen MR) is 102 cm³/mol. The van der Waals surface area contributed by atoms with E-state index in [-0.39, 0.29) is 11.7 Å². The molecular formula is C18H22N2O4S2. The molecule has 0 bridgehead atoms. The number of thiophene rings is 1. The molecule has 8 heteroatoms. The van der Waals surface area contributed by atoms with Gasteiger partial charge in [0.25, 0.3) is 5.91 Å². The zero-order valence-electron chi connectivity index (χ0n) is 14.9. The third-order valence-corrected chi connectivity index (χ3v) is 6.45. The molecule has 3 heterocycles. The molecule has 140 valence electrons. The van der Waals surface area contributed by atoms with Crippen molar-refractivity contribution in [2.45, 2.75) is 17.2 Å². The number of ether oxygens (including phenoxy) is 1. The van der Waals surface area contributed by atoms with E-state index in [2.05, 4.69) is 9.64 Å². The van der Waals surface area contributed by atoms with E-state index in [0.717, 1.165) is 40.9 Å². The quantitative estimate of drug-likeness (QED) is 0.573. The Labute approximate surface area is 161 Å². The molecule has 0 atom stereocenters. The fraction of sp³-hybridized carbons (Fsp3) is 0.444. The maximum Gasteiger partial charge on any atom is 0.373 e. The van der Waals surface area contributed by atoms with Crippen molar-refractivity contribution in [1.29, 1.82) is 0 Å². The van der Waals surface area contributed by atoms with Crippen LogP contribution in [0, 0.1) is 0 Å². The molecule has 2 aromatic heterocycles. The van der Waals surface area contributed by atoms with Gasteiger partial charge in [0.05, 0.1) is 22.7 Å². The van der Waals surface area contributed by atoms with Gasteiger partial charge < -0.3 is 14.1 Å². The standard InChI is InChI=1S/C18H22N2O4S2/c1-23-18(22)14-5-4-13(24-14)12-19-8-3-9-20(11-10-19)17(21)15-6-7-16(25-2)26-15/h4-7H,3,8-12H2,1-2H3. The molecule has 0 unspecified atom stereocenters. The van der Waals surface area contributed by atoms with Gasteiger partial charge in [-0.25, -0.2) is 4.79 Å². The Bertz CT molecular complexity index is 771. The van der Waals surface area contributed by atoms with Crippen LogP contribution in [0.4, 0.5) is 0 Å². The normalized spacial score (nSPS) is 15.7. The number of carbonyl (C=O) groups excluding carboxylic acids is 2. The summed E-state index contributed by atoms with van der Waals surface area (Å²) < 4.78 is 11.4. The fourth-order valence-corrected chi connectivity index (χ4v) is 4.44. The molecule has 1 aliphatic heterocycles. The van der Waals surface area contributed by atoms with Crippen molar-refractivity contribution in [2.75, 3.05) is 39.5 Å². The smallest absolute Gasteiger partial charge is 0.373 e. The number of thioether (sulfide) groups is 1. The largest absolute Gasteiger partial charge is 0.463 e. The van der Waals surface area contributed by atoms with Gasteiger partial charge in [-0.3, -0.25) is 9.69 Å². The number of carbonyl (C=O) groups is 2. The van der Waals surface area contributed by atoms with Gasteiger partial charge in [-0.15, -0.1) is 23.1 Å². The molecule has 1 saturated heterocycles. The SMILES string of the molecule is COC(=O)c1ccc(CN2CCCN(C(=O)c3ccc(SC)s3)CC2)o1. The van der Waals surface area contributed by atoms with Crippen LogP contribution in [0.1, 0.15) is 32.4 Å². The molecule has 2 aromatic rings. The first-order valence-electron chi connectivity index (χ1n) is 8.43. The van der Waals surface area contributed by atoms with Gasteiger partial charge in [-0.05, 0) is 36.9 Å². The molecule has 0 N–H and O–H groups in total. The molecule has 0 aliphatic carbocycles. The molecule has 0 radical (unpaired) electrons. The summed E-state index contributed by atoms with van der Waals surface area (Å²) in [6.45, 7) is 3.73. The van der Waals surface area contributed by atoms with Crippen molar-refractivity contribution in [1.82, 2.24) is 9.80 Å². The van der Waals surface area contributed by atoms with Gasteiger partial charge >= 0.3 is 5.97 Å². The summed E-state index contributed by atoms with van der Waals surface area (Å²) in [5.41, 5.74) is 0. The third kappa shape index (κ3) is 4.49. The molecule has 3 rings (SSSR count). The summed E-state index contributed by atoms with van der Waals surface area (Å²) in [6, 6.07) is 7.35. The molecule has 1 amide bonds. The van der Waals surface area contributed by atoms with Crippen LogP contribution < -0.4 is 0 Å². The van der Waals surface area contributed by atoms with Crippen LogP contribution in [0.5, 0.6) is 0 Å². The first-order valence-corrected chi connectivity index (χ1v) is 10.5. The van der Waals surface area contributed by atoms with Crippen LogP contribution in [-0.2, 0) is 11.3 Å². The molecule has 0 saturated carbocycles. The zero-order chi connectivity index (χ0) is 18.5. The van der Waals surface area contributed by atoms with Crippen LogP contribution in [0.15, 0.2) is 32.9 Å². The van der Waals surface area contributed by atoms with E-state index >= 15 is 0 Å². The average Bonchev–Trinajstić information content (AvgIpc) is 3.26. The Kier molecular flexibility index (Phi) is 6.39. The minimum absolute atomic E-state index is 0.114. The summed E-state index contributed by atoms with van der Waals surface area (Å²) in [5.74, 6) is 0.594. The van der Waals surface area contributed by atoms with E-state index in [1.807, 2.05) is 23.3 Å². The number of furan rings is 1. The van der Waals surface area contributed by atoms with Crippen LogP contribution in [0.25, 0.3) is 0 Å². The summed E-state index contributed by atoms with van der Waals surface area (Å²) >= 11 is 3.21. The molecule has 1 fully saturated rings. The van der Waals surface area contributed by atoms with Crippen molar-refractivity contribution >= 4 is 35.0 Å².